The third-order valence-electron chi connectivity index (χ3n) is 4.09. The molecule has 190 valence electrons. The molecule has 2 aliphatic rings. The average Bonchev–Trinajstić information content (AvgIpc) is 2.86. The van der Waals surface area contributed by atoms with Crippen LogP contribution in [0.3, 0.4) is 0 Å². The molecule has 1 saturated heterocycles. The SMILES string of the molecule is O=C1CC(=O)N([C@@H]2O[C@@](COP(=O)(O)OP(=O)(O)OP(=O)(O)O)(C(F)F)[C@@H](O)[C@H]2O)C=C1Cl. The molecule has 2 unspecified atom stereocenters. The van der Waals surface area contributed by atoms with Crippen molar-refractivity contribution in [3.05, 3.63) is 11.2 Å². The highest BCUT2D eigenvalue weighted by atomic mass is 35.5. The van der Waals surface area contributed by atoms with E-state index in [0.29, 0.717) is 11.1 Å². The number of aliphatic hydroxyl groups is 2. The van der Waals surface area contributed by atoms with Crippen LogP contribution in [0.2, 0.25) is 0 Å². The quantitative estimate of drug-likeness (QED) is 0.149. The number of carbonyl (C=O) groups is 2. The summed E-state index contributed by atoms with van der Waals surface area (Å²) in [5.74, 6) is -1.91. The Morgan fingerprint density at radius 1 is 1.15 bits per heavy atom. The number of amides is 1. The molecule has 6 atom stereocenters. The Bertz CT molecular complexity index is 988. The van der Waals surface area contributed by atoms with Gasteiger partial charge in [-0.05, 0) is 0 Å². The van der Waals surface area contributed by atoms with E-state index in [4.69, 9.17) is 31.0 Å². The summed E-state index contributed by atoms with van der Waals surface area (Å²) in [6.45, 7) is -1.83. The Hall–Kier alpha value is -0.680. The number of ketones is 1. The highest BCUT2D eigenvalue weighted by molar-refractivity contribution is 7.66. The monoisotopic (exact) mass is 567 g/mol. The molecule has 0 aromatic rings. The molecule has 16 nitrogen and oxygen atoms in total. The second kappa shape index (κ2) is 9.76. The average molecular weight is 568 g/mol. The van der Waals surface area contributed by atoms with E-state index in [1.165, 1.54) is 0 Å². The Morgan fingerprint density at radius 2 is 1.73 bits per heavy atom. The Kier molecular flexibility index (Phi) is 8.44. The summed E-state index contributed by atoms with van der Waals surface area (Å²) in [5.41, 5.74) is -3.35. The van der Waals surface area contributed by atoms with E-state index in [1.807, 2.05) is 0 Å². The fourth-order valence-electron chi connectivity index (χ4n) is 2.67. The Balaban J connectivity index is 2.25. The molecule has 0 saturated carbocycles. The number of Topliss-reactive ketones (excluding diaryl/α,β-unsaturated/α-hetero) is 1. The van der Waals surface area contributed by atoms with Gasteiger partial charge in [-0.15, -0.1) is 0 Å². The Labute approximate surface area is 186 Å². The first-order chi connectivity index (χ1) is 14.8. The van der Waals surface area contributed by atoms with Gasteiger partial charge in [0.1, 0.15) is 17.2 Å². The van der Waals surface area contributed by atoms with Crippen LogP contribution in [-0.4, -0.2) is 83.4 Å². The minimum atomic E-state index is -5.97. The van der Waals surface area contributed by atoms with Crippen molar-refractivity contribution in [3.63, 3.8) is 0 Å². The smallest absolute Gasteiger partial charge is 0.387 e. The molecule has 0 spiro atoms. The van der Waals surface area contributed by atoms with Crippen LogP contribution < -0.4 is 0 Å². The molecule has 0 aromatic heterocycles. The molecule has 0 aliphatic carbocycles. The van der Waals surface area contributed by atoms with Crippen LogP contribution in [0.15, 0.2) is 11.2 Å². The van der Waals surface area contributed by atoms with Crippen molar-refractivity contribution in [3.8, 4) is 0 Å². The van der Waals surface area contributed by atoms with Crippen LogP contribution >= 0.6 is 35.1 Å². The lowest BCUT2D eigenvalue weighted by molar-refractivity contribution is -0.200. The molecule has 1 fully saturated rings. The molecule has 0 radical (unpaired) electrons. The lowest BCUT2D eigenvalue weighted by atomic mass is 9.96. The maximum absolute atomic E-state index is 13.8. The van der Waals surface area contributed by atoms with Gasteiger partial charge in [-0.25, -0.2) is 22.5 Å². The molecular weight excluding hydrogens is 552 g/mol. The third kappa shape index (κ3) is 6.72. The Morgan fingerprint density at radius 3 is 2.24 bits per heavy atom. The summed E-state index contributed by atoms with van der Waals surface area (Å²) >= 11 is 5.59. The molecular formula is C11H15ClF2NO15P3. The van der Waals surface area contributed by atoms with Crippen LogP contribution in [0.5, 0.6) is 0 Å². The number of halogens is 3. The number of rotatable bonds is 9. The molecule has 0 bridgehead atoms. The van der Waals surface area contributed by atoms with E-state index in [9.17, 15) is 47.2 Å². The maximum Gasteiger partial charge on any atom is 0.490 e. The molecule has 2 aliphatic heterocycles. The first-order valence-electron chi connectivity index (χ1n) is 8.12. The van der Waals surface area contributed by atoms with Gasteiger partial charge in [0.2, 0.25) is 5.91 Å². The van der Waals surface area contributed by atoms with E-state index in [-0.39, 0.29) is 0 Å². The summed E-state index contributed by atoms with van der Waals surface area (Å²) in [6, 6.07) is 0. The van der Waals surface area contributed by atoms with Crippen LogP contribution in [0.4, 0.5) is 8.78 Å². The number of nitrogens with zero attached hydrogens (tertiary/aromatic N) is 1. The largest absolute Gasteiger partial charge is 0.490 e. The molecule has 22 heteroatoms. The van der Waals surface area contributed by atoms with Crippen molar-refractivity contribution in [1.29, 1.82) is 0 Å². The van der Waals surface area contributed by atoms with Crippen LogP contribution in [-0.2, 0) is 41.2 Å². The minimum Gasteiger partial charge on any atom is -0.387 e. The molecule has 33 heavy (non-hydrogen) atoms. The van der Waals surface area contributed by atoms with Crippen molar-refractivity contribution in [2.75, 3.05) is 6.61 Å². The normalized spacial score (nSPS) is 32.6. The predicted octanol–water partition coefficient (Wildman–Crippen LogP) is -0.707. The number of ether oxygens (including phenoxy) is 1. The van der Waals surface area contributed by atoms with E-state index >= 15 is 0 Å². The fraction of sp³-hybridized carbons (Fsp3) is 0.636. The summed E-state index contributed by atoms with van der Waals surface area (Å²) in [5, 5.41) is 19.7. The third-order valence-corrected chi connectivity index (χ3v) is 8.18. The number of aliphatic hydroxyl groups excluding tert-OH is 2. The highest BCUT2D eigenvalue weighted by Gasteiger charge is 2.63. The number of carbonyl (C=O) groups excluding carboxylic acids is 2. The van der Waals surface area contributed by atoms with Gasteiger partial charge in [0, 0.05) is 6.20 Å². The molecule has 2 heterocycles. The van der Waals surface area contributed by atoms with E-state index in [1.54, 1.807) is 0 Å². The summed E-state index contributed by atoms with van der Waals surface area (Å²) in [6.07, 6.45) is -11.0. The van der Waals surface area contributed by atoms with Crippen LogP contribution in [0, 0.1) is 0 Å². The summed E-state index contributed by atoms with van der Waals surface area (Å²) in [4.78, 5) is 59.3. The lowest BCUT2D eigenvalue weighted by Crippen LogP contribution is -2.52. The maximum atomic E-state index is 13.8. The zero-order chi connectivity index (χ0) is 25.6. The number of hydrogen-bond acceptors (Lipinski definition) is 11. The van der Waals surface area contributed by atoms with Gasteiger partial charge in [-0.1, -0.05) is 11.6 Å². The molecule has 6 N–H and O–H groups in total. The number of allylic oxidation sites excluding steroid dienone is 1. The minimum absolute atomic E-state index is 0.423. The van der Waals surface area contributed by atoms with Crippen molar-refractivity contribution in [2.24, 2.45) is 0 Å². The van der Waals surface area contributed by atoms with Crippen molar-refractivity contribution in [2.45, 2.75) is 36.9 Å². The van der Waals surface area contributed by atoms with Crippen LogP contribution in [0.25, 0.3) is 0 Å². The molecule has 0 aromatic carbocycles. The summed E-state index contributed by atoms with van der Waals surface area (Å²) in [7, 11) is -17.6. The van der Waals surface area contributed by atoms with Gasteiger partial charge >= 0.3 is 23.5 Å². The second-order valence-electron chi connectivity index (χ2n) is 6.44. The zero-order valence-corrected chi connectivity index (χ0v) is 19.0. The second-order valence-corrected chi connectivity index (χ2v) is 11.3. The van der Waals surface area contributed by atoms with Gasteiger partial charge in [0.15, 0.2) is 17.6 Å². The zero-order valence-electron chi connectivity index (χ0n) is 15.6. The standard InChI is InChI=1S/C11H15ClF2NO15P3/c12-4-2-15(6(17)1-5(4)16)9-7(18)8(19)11(28-9,10(13)14)3-27-32(23,24)30-33(25,26)29-31(20,21)22/h2,7-10,18-19H,1,3H2,(H,23,24)(H,25,26)(H2,20,21,22)/t7-,8+,9-,11-/m1/s1. The molecule has 2 rings (SSSR count). The van der Waals surface area contributed by atoms with Gasteiger partial charge < -0.3 is 34.5 Å². The number of phosphoric ester groups is 1. The van der Waals surface area contributed by atoms with E-state index in [2.05, 4.69) is 13.1 Å². The van der Waals surface area contributed by atoms with Crippen LogP contribution in [0.1, 0.15) is 6.42 Å². The van der Waals surface area contributed by atoms with Crippen molar-refractivity contribution < 1.29 is 79.7 Å². The number of phosphoric acid groups is 3. The first kappa shape index (κ1) is 28.6. The van der Waals surface area contributed by atoms with Gasteiger partial charge in [0.05, 0.1) is 13.0 Å². The van der Waals surface area contributed by atoms with E-state index < -0.39 is 83.7 Å². The summed E-state index contributed by atoms with van der Waals surface area (Å²) < 4.78 is 77.2. The topological polar surface area (TPSA) is 247 Å². The van der Waals surface area contributed by atoms with Gasteiger partial charge in [-0.3, -0.25) is 19.0 Å². The lowest BCUT2D eigenvalue weighted by Gasteiger charge is -2.33. The van der Waals surface area contributed by atoms with E-state index in [0.717, 1.165) is 0 Å². The van der Waals surface area contributed by atoms with Gasteiger partial charge in [-0.2, -0.15) is 8.62 Å². The number of alkyl halides is 2. The fourth-order valence-corrected chi connectivity index (χ4v) is 5.91. The molecule has 1 amide bonds. The van der Waals surface area contributed by atoms with Gasteiger partial charge in [0.25, 0.3) is 6.43 Å². The van der Waals surface area contributed by atoms with Crippen molar-refractivity contribution in [1.82, 2.24) is 4.90 Å². The first-order valence-corrected chi connectivity index (χ1v) is 13.0. The highest BCUT2D eigenvalue weighted by Crippen LogP contribution is 2.66. The predicted molar refractivity (Wildman–Crippen MR) is 95.8 cm³/mol. The number of hydrogen-bond donors (Lipinski definition) is 6. The van der Waals surface area contributed by atoms with Crippen molar-refractivity contribution >= 4 is 46.8 Å².